The lowest BCUT2D eigenvalue weighted by molar-refractivity contribution is 0.598. The first-order chi connectivity index (χ1) is 23.2. The molecule has 3 unspecified atom stereocenters. The summed E-state index contributed by atoms with van der Waals surface area (Å²) in [6.07, 6.45) is 9.36. The van der Waals surface area contributed by atoms with Gasteiger partial charge in [0, 0.05) is 55.6 Å². The van der Waals surface area contributed by atoms with Crippen molar-refractivity contribution in [2.24, 2.45) is 5.41 Å². The van der Waals surface area contributed by atoms with Gasteiger partial charge in [0.15, 0.2) is 0 Å². The zero-order valence-corrected chi connectivity index (χ0v) is 26.0. The SMILES string of the molecule is CC12C=CC=CC13C2c1ccccc1N3c1ccc2c(c1)c1cc(-n3c4ccccc4c4ccccc43)ccc1n2-c1ccccc1. The number of anilines is 2. The Bertz CT molecular complexity index is 2620. The summed E-state index contributed by atoms with van der Waals surface area (Å²) in [6.45, 7) is 2.43. The molecule has 2 aliphatic carbocycles. The highest BCUT2D eigenvalue weighted by Gasteiger charge is 2.79. The van der Waals surface area contributed by atoms with Crippen molar-refractivity contribution in [2.75, 3.05) is 4.90 Å². The highest BCUT2D eigenvalue weighted by Crippen LogP contribution is 2.79. The molecule has 11 rings (SSSR count). The summed E-state index contributed by atoms with van der Waals surface area (Å²) >= 11 is 0. The average molecular weight is 602 g/mol. The van der Waals surface area contributed by atoms with Gasteiger partial charge in [-0.3, -0.25) is 0 Å². The number of nitrogens with zero attached hydrogens (tertiary/aromatic N) is 3. The van der Waals surface area contributed by atoms with E-state index in [0.717, 1.165) is 0 Å². The molecule has 6 aromatic carbocycles. The minimum absolute atomic E-state index is 0.0762. The number of rotatable bonds is 3. The molecule has 0 saturated heterocycles. The van der Waals surface area contributed by atoms with Gasteiger partial charge < -0.3 is 14.0 Å². The van der Waals surface area contributed by atoms with Crippen LogP contribution in [0.1, 0.15) is 18.4 Å². The van der Waals surface area contributed by atoms with Crippen molar-refractivity contribution < 1.29 is 0 Å². The molecule has 2 aromatic heterocycles. The van der Waals surface area contributed by atoms with Crippen LogP contribution in [0.2, 0.25) is 0 Å². The number of hydrogen-bond donors (Lipinski definition) is 0. The molecule has 3 aliphatic rings. The van der Waals surface area contributed by atoms with Gasteiger partial charge in [-0.1, -0.05) is 104 Å². The van der Waals surface area contributed by atoms with Crippen LogP contribution in [-0.4, -0.2) is 14.7 Å². The van der Waals surface area contributed by atoms with Crippen molar-refractivity contribution in [3.05, 3.63) is 169 Å². The summed E-state index contributed by atoms with van der Waals surface area (Å²) in [5.41, 5.74) is 11.2. The fraction of sp³-hybridized carbons (Fsp3) is 0.0909. The van der Waals surface area contributed by atoms with Crippen LogP contribution in [0, 0.1) is 5.41 Å². The lowest BCUT2D eigenvalue weighted by Crippen LogP contribution is -2.35. The molecule has 47 heavy (non-hydrogen) atoms. The van der Waals surface area contributed by atoms with E-state index in [2.05, 4.69) is 185 Å². The number of hydrogen-bond acceptors (Lipinski definition) is 1. The van der Waals surface area contributed by atoms with Gasteiger partial charge in [0.2, 0.25) is 0 Å². The Morgan fingerprint density at radius 3 is 1.77 bits per heavy atom. The lowest BCUT2D eigenvalue weighted by Gasteiger charge is -2.35. The smallest absolute Gasteiger partial charge is 0.0809 e. The standard InChI is InChI=1S/C44H31N3/c1-43-25-11-12-26-44(43)42(43)34-17-7-10-20-41(34)47(44)31-22-24-40-36(28-31)35-27-30(21-23-39(35)45(40)29-13-3-2-4-14-29)46-37-18-8-5-15-32(37)33-16-6-9-19-38(33)46/h2-28,42H,1H3. The zero-order chi connectivity index (χ0) is 30.9. The van der Waals surface area contributed by atoms with Gasteiger partial charge in [-0.2, -0.15) is 0 Å². The Kier molecular flexibility index (Phi) is 4.71. The first kappa shape index (κ1) is 25.4. The maximum absolute atomic E-state index is 2.63. The average Bonchev–Trinajstić information content (AvgIpc) is 3.37. The van der Waals surface area contributed by atoms with Crippen LogP contribution in [0.5, 0.6) is 0 Å². The second-order valence-electron chi connectivity index (χ2n) is 13.6. The Morgan fingerprint density at radius 1 is 0.468 bits per heavy atom. The molecular formula is C44H31N3. The van der Waals surface area contributed by atoms with Gasteiger partial charge in [0.1, 0.15) is 0 Å². The largest absolute Gasteiger partial charge is 0.330 e. The highest BCUT2D eigenvalue weighted by molar-refractivity contribution is 6.13. The van der Waals surface area contributed by atoms with Gasteiger partial charge in [-0.15, -0.1) is 0 Å². The number of benzene rings is 6. The van der Waals surface area contributed by atoms with Crippen molar-refractivity contribution in [1.82, 2.24) is 9.13 Å². The molecule has 1 saturated carbocycles. The van der Waals surface area contributed by atoms with Gasteiger partial charge in [-0.25, -0.2) is 0 Å². The van der Waals surface area contributed by atoms with E-state index >= 15 is 0 Å². The predicted octanol–water partition coefficient (Wildman–Crippen LogP) is 11.0. The van der Waals surface area contributed by atoms with E-state index < -0.39 is 0 Å². The Morgan fingerprint density at radius 2 is 1.02 bits per heavy atom. The van der Waals surface area contributed by atoms with Crippen LogP contribution in [0.3, 0.4) is 0 Å². The quantitative estimate of drug-likeness (QED) is 0.196. The minimum atomic E-state index is -0.0783. The third-order valence-corrected chi connectivity index (χ3v) is 11.4. The molecule has 0 radical (unpaired) electrons. The fourth-order valence-corrected chi connectivity index (χ4v) is 9.44. The topological polar surface area (TPSA) is 13.1 Å². The van der Waals surface area contributed by atoms with Gasteiger partial charge in [0.25, 0.3) is 0 Å². The molecule has 0 N–H and O–H groups in total. The van der Waals surface area contributed by atoms with Crippen LogP contribution >= 0.6 is 0 Å². The normalized spacial score (nSPS) is 22.3. The van der Waals surface area contributed by atoms with Crippen LogP contribution in [0.15, 0.2) is 164 Å². The van der Waals surface area contributed by atoms with E-state index in [-0.39, 0.29) is 11.0 Å². The summed E-state index contributed by atoms with van der Waals surface area (Å²) in [4.78, 5) is 2.63. The Balaban J connectivity index is 1.20. The van der Waals surface area contributed by atoms with Gasteiger partial charge >= 0.3 is 0 Å². The van der Waals surface area contributed by atoms with Crippen molar-refractivity contribution in [3.8, 4) is 11.4 Å². The van der Waals surface area contributed by atoms with Crippen LogP contribution in [0.25, 0.3) is 55.0 Å². The van der Waals surface area contributed by atoms with Crippen LogP contribution in [0.4, 0.5) is 11.4 Å². The molecule has 1 fully saturated rings. The predicted molar refractivity (Wildman–Crippen MR) is 196 cm³/mol. The summed E-state index contributed by atoms with van der Waals surface area (Å²) in [5, 5.41) is 5.07. The molecule has 0 bridgehead atoms. The highest BCUT2D eigenvalue weighted by atomic mass is 15.3. The number of fused-ring (bicyclic) bond motifs is 9. The van der Waals surface area contributed by atoms with E-state index in [1.807, 2.05) is 0 Å². The summed E-state index contributed by atoms with van der Waals surface area (Å²) in [7, 11) is 0. The molecule has 3 atom stereocenters. The van der Waals surface area contributed by atoms with Crippen molar-refractivity contribution in [1.29, 1.82) is 0 Å². The molecule has 1 spiro atoms. The third-order valence-electron chi connectivity index (χ3n) is 11.4. The van der Waals surface area contributed by atoms with E-state index in [4.69, 9.17) is 0 Å². The van der Waals surface area contributed by atoms with Gasteiger partial charge in [0.05, 0.1) is 27.6 Å². The molecule has 0 amide bonds. The second kappa shape index (κ2) is 8.71. The zero-order valence-electron chi connectivity index (χ0n) is 26.0. The van der Waals surface area contributed by atoms with Crippen molar-refractivity contribution >= 4 is 55.0 Å². The fourth-order valence-electron chi connectivity index (χ4n) is 9.44. The van der Waals surface area contributed by atoms with E-state index in [1.54, 1.807) is 0 Å². The van der Waals surface area contributed by atoms with Crippen molar-refractivity contribution in [3.63, 3.8) is 0 Å². The molecule has 1 aliphatic heterocycles. The summed E-state index contributed by atoms with van der Waals surface area (Å²) in [6, 6.07) is 51.5. The molecule has 8 aromatic rings. The van der Waals surface area contributed by atoms with Crippen molar-refractivity contribution in [2.45, 2.75) is 18.4 Å². The molecular weight excluding hydrogens is 571 g/mol. The number of para-hydroxylation sites is 4. The molecule has 222 valence electrons. The maximum Gasteiger partial charge on any atom is 0.0809 e. The van der Waals surface area contributed by atoms with E-state index in [1.165, 1.54) is 71.9 Å². The Labute approximate surface area is 272 Å². The maximum atomic E-state index is 2.63. The first-order valence-corrected chi connectivity index (χ1v) is 16.6. The van der Waals surface area contributed by atoms with Crippen LogP contribution < -0.4 is 4.90 Å². The Hall–Kier alpha value is -5.80. The molecule has 3 heteroatoms. The monoisotopic (exact) mass is 601 g/mol. The second-order valence-corrected chi connectivity index (χ2v) is 13.6. The molecule has 3 nitrogen and oxygen atoms in total. The van der Waals surface area contributed by atoms with Gasteiger partial charge in [-0.05, 0) is 72.3 Å². The van der Waals surface area contributed by atoms with E-state index in [9.17, 15) is 0 Å². The number of allylic oxidation sites excluding steroid dienone is 2. The minimum Gasteiger partial charge on any atom is -0.330 e. The number of aromatic nitrogens is 2. The first-order valence-electron chi connectivity index (χ1n) is 16.6. The summed E-state index contributed by atoms with van der Waals surface area (Å²) < 4.78 is 4.85. The van der Waals surface area contributed by atoms with E-state index in [0.29, 0.717) is 5.92 Å². The molecule has 3 heterocycles. The third kappa shape index (κ3) is 3.03. The van der Waals surface area contributed by atoms with Crippen LogP contribution in [-0.2, 0) is 0 Å². The lowest BCUT2D eigenvalue weighted by atomic mass is 9.92. The summed E-state index contributed by atoms with van der Waals surface area (Å²) in [5.74, 6) is 0.449.